The lowest BCUT2D eigenvalue weighted by Gasteiger charge is -2.08. The number of nitrogens with one attached hydrogen (secondary N) is 1. The summed E-state index contributed by atoms with van der Waals surface area (Å²) in [7, 11) is 1.58. The maximum atomic E-state index is 11.7. The molecule has 0 saturated heterocycles. The summed E-state index contributed by atoms with van der Waals surface area (Å²) in [6, 6.07) is 7.66. The second-order valence-electron chi connectivity index (χ2n) is 3.67. The van der Waals surface area contributed by atoms with Crippen LogP contribution in [0.5, 0.6) is 5.75 Å². The molecule has 0 spiro atoms. The molecule has 1 aromatic carbocycles. The van der Waals surface area contributed by atoms with Crippen molar-refractivity contribution >= 4 is 16.8 Å². The summed E-state index contributed by atoms with van der Waals surface area (Å²) in [5.74, 6) is 0.515. The minimum Gasteiger partial charge on any atom is -0.495 e. The maximum Gasteiger partial charge on any atom is 0.257 e. The molecular formula is C12H10N2O2. The Balaban J connectivity index is 2.44. The van der Waals surface area contributed by atoms with E-state index in [1.54, 1.807) is 7.11 Å². The second kappa shape index (κ2) is 3.20. The third-order valence-electron chi connectivity index (χ3n) is 2.77. The largest absolute Gasteiger partial charge is 0.495 e. The summed E-state index contributed by atoms with van der Waals surface area (Å²) in [6.45, 7) is 0.482. The molecule has 0 saturated carbocycles. The summed E-state index contributed by atoms with van der Waals surface area (Å²) in [6.07, 6.45) is 0. The highest BCUT2D eigenvalue weighted by atomic mass is 16.5. The molecule has 1 amide bonds. The Kier molecular flexibility index (Phi) is 1.83. The van der Waals surface area contributed by atoms with Gasteiger partial charge in [-0.25, -0.2) is 4.98 Å². The summed E-state index contributed by atoms with van der Waals surface area (Å²) >= 11 is 0. The van der Waals surface area contributed by atoms with Gasteiger partial charge < -0.3 is 10.1 Å². The molecule has 0 unspecified atom stereocenters. The highest BCUT2D eigenvalue weighted by molar-refractivity contribution is 6.05. The number of benzene rings is 1. The number of hydrogen-bond donors (Lipinski definition) is 1. The normalized spacial score (nSPS) is 13.7. The quantitative estimate of drug-likeness (QED) is 0.782. The van der Waals surface area contributed by atoms with Gasteiger partial charge in [0, 0.05) is 5.39 Å². The van der Waals surface area contributed by atoms with E-state index >= 15 is 0 Å². The zero-order chi connectivity index (χ0) is 11.1. The van der Waals surface area contributed by atoms with Crippen LogP contribution in [0.3, 0.4) is 0 Å². The standard InChI is InChI=1S/C12H10N2O2/c1-16-11-7-4-2-3-5-8(7)14-9-6-13-12(15)10(9)11/h2-5H,6H2,1H3,(H,13,15). The highest BCUT2D eigenvalue weighted by Gasteiger charge is 2.26. The monoisotopic (exact) mass is 214 g/mol. The van der Waals surface area contributed by atoms with Crippen LogP contribution in [0.2, 0.25) is 0 Å². The molecule has 1 aliphatic heterocycles. The number of pyridine rings is 1. The molecule has 1 N–H and O–H groups in total. The van der Waals surface area contributed by atoms with Crippen molar-refractivity contribution in [1.82, 2.24) is 10.3 Å². The smallest absolute Gasteiger partial charge is 0.257 e. The van der Waals surface area contributed by atoms with Gasteiger partial charge in [0.25, 0.3) is 5.91 Å². The summed E-state index contributed by atoms with van der Waals surface area (Å²) in [4.78, 5) is 16.1. The lowest BCUT2D eigenvalue weighted by atomic mass is 10.1. The first-order chi connectivity index (χ1) is 7.81. The number of ether oxygens (including phenoxy) is 1. The van der Waals surface area contributed by atoms with Gasteiger partial charge in [0.2, 0.25) is 0 Å². The molecule has 4 heteroatoms. The first-order valence-electron chi connectivity index (χ1n) is 5.05. The Bertz CT molecular complexity index is 593. The van der Waals surface area contributed by atoms with Crippen molar-refractivity contribution in [2.45, 2.75) is 6.54 Å². The lowest BCUT2D eigenvalue weighted by molar-refractivity contribution is 0.0963. The van der Waals surface area contributed by atoms with Crippen LogP contribution >= 0.6 is 0 Å². The fourth-order valence-electron chi connectivity index (χ4n) is 2.06. The predicted molar refractivity (Wildman–Crippen MR) is 59.5 cm³/mol. The van der Waals surface area contributed by atoms with Gasteiger partial charge in [0.1, 0.15) is 11.3 Å². The number of carbonyl (C=O) groups is 1. The van der Waals surface area contributed by atoms with Gasteiger partial charge in [-0.05, 0) is 12.1 Å². The fraction of sp³-hybridized carbons (Fsp3) is 0.167. The number of para-hydroxylation sites is 1. The molecule has 2 aromatic rings. The van der Waals surface area contributed by atoms with Crippen molar-refractivity contribution in [3.8, 4) is 5.75 Å². The van der Waals surface area contributed by atoms with Crippen LogP contribution in [-0.4, -0.2) is 18.0 Å². The number of carbonyl (C=O) groups excluding carboxylic acids is 1. The van der Waals surface area contributed by atoms with Crippen molar-refractivity contribution in [1.29, 1.82) is 0 Å². The number of rotatable bonds is 1. The minimum absolute atomic E-state index is 0.106. The van der Waals surface area contributed by atoms with Gasteiger partial charge >= 0.3 is 0 Å². The van der Waals surface area contributed by atoms with Gasteiger partial charge in [0.15, 0.2) is 0 Å². The van der Waals surface area contributed by atoms with E-state index in [1.807, 2.05) is 24.3 Å². The van der Waals surface area contributed by atoms with E-state index in [1.165, 1.54) is 0 Å². The molecule has 4 nitrogen and oxygen atoms in total. The van der Waals surface area contributed by atoms with Crippen molar-refractivity contribution in [2.75, 3.05) is 7.11 Å². The molecular weight excluding hydrogens is 204 g/mol. The van der Waals surface area contributed by atoms with Crippen LogP contribution in [-0.2, 0) is 6.54 Å². The average molecular weight is 214 g/mol. The first kappa shape index (κ1) is 9.15. The number of methoxy groups -OCH3 is 1. The average Bonchev–Trinajstić information content (AvgIpc) is 2.68. The van der Waals surface area contributed by atoms with Crippen LogP contribution < -0.4 is 10.1 Å². The zero-order valence-corrected chi connectivity index (χ0v) is 8.78. The van der Waals surface area contributed by atoms with Gasteiger partial charge in [-0.15, -0.1) is 0 Å². The summed E-state index contributed by atoms with van der Waals surface area (Å²) in [5.41, 5.74) is 2.19. The molecule has 2 heterocycles. The highest BCUT2D eigenvalue weighted by Crippen LogP contribution is 2.32. The van der Waals surface area contributed by atoms with Crippen LogP contribution in [0, 0.1) is 0 Å². The minimum atomic E-state index is -0.106. The van der Waals surface area contributed by atoms with E-state index in [-0.39, 0.29) is 5.91 Å². The van der Waals surface area contributed by atoms with Crippen molar-refractivity contribution < 1.29 is 9.53 Å². The fourth-order valence-corrected chi connectivity index (χ4v) is 2.06. The Morgan fingerprint density at radius 1 is 1.38 bits per heavy atom. The molecule has 80 valence electrons. The van der Waals surface area contributed by atoms with Crippen LogP contribution in [0.4, 0.5) is 0 Å². The molecule has 16 heavy (non-hydrogen) atoms. The molecule has 3 rings (SSSR count). The van der Waals surface area contributed by atoms with Crippen LogP contribution in [0.1, 0.15) is 16.1 Å². The van der Waals surface area contributed by atoms with Gasteiger partial charge in [0.05, 0.1) is 24.9 Å². The molecule has 0 fully saturated rings. The van der Waals surface area contributed by atoms with E-state index in [0.29, 0.717) is 17.9 Å². The molecule has 1 aliphatic rings. The number of nitrogens with zero attached hydrogens (tertiary/aromatic N) is 1. The van der Waals surface area contributed by atoms with Crippen molar-refractivity contribution in [3.63, 3.8) is 0 Å². The van der Waals surface area contributed by atoms with E-state index in [4.69, 9.17) is 4.74 Å². The summed E-state index contributed by atoms with van der Waals surface area (Å²) < 4.78 is 5.34. The lowest BCUT2D eigenvalue weighted by Crippen LogP contribution is -2.13. The Morgan fingerprint density at radius 2 is 2.19 bits per heavy atom. The predicted octanol–water partition coefficient (Wildman–Crippen LogP) is 1.49. The number of hydrogen-bond acceptors (Lipinski definition) is 3. The topological polar surface area (TPSA) is 51.2 Å². The second-order valence-corrected chi connectivity index (χ2v) is 3.67. The Labute approximate surface area is 92.2 Å². The molecule has 0 radical (unpaired) electrons. The number of amides is 1. The number of aromatic nitrogens is 1. The van der Waals surface area contributed by atoms with Crippen LogP contribution in [0.15, 0.2) is 24.3 Å². The third kappa shape index (κ3) is 1.10. The van der Waals surface area contributed by atoms with E-state index < -0.39 is 0 Å². The third-order valence-corrected chi connectivity index (χ3v) is 2.77. The molecule has 0 bridgehead atoms. The molecule has 0 aliphatic carbocycles. The van der Waals surface area contributed by atoms with E-state index in [0.717, 1.165) is 16.6 Å². The van der Waals surface area contributed by atoms with Gasteiger partial charge in [-0.2, -0.15) is 0 Å². The first-order valence-corrected chi connectivity index (χ1v) is 5.05. The SMILES string of the molecule is COc1c2c(nc3ccccc13)CNC2=O. The molecule has 1 aromatic heterocycles. The van der Waals surface area contributed by atoms with Gasteiger partial charge in [-0.3, -0.25) is 4.79 Å². The Morgan fingerprint density at radius 3 is 3.00 bits per heavy atom. The van der Waals surface area contributed by atoms with Crippen LogP contribution in [0.25, 0.3) is 10.9 Å². The Hall–Kier alpha value is -2.10. The van der Waals surface area contributed by atoms with Gasteiger partial charge in [-0.1, -0.05) is 12.1 Å². The van der Waals surface area contributed by atoms with E-state index in [9.17, 15) is 4.79 Å². The zero-order valence-electron chi connectivity index (χ0n) is 8.78. The van der Waals surface area contributed by atoms with E-state index in [2.05, 4.69) is 10.3 Å². The maximum absolute atomic E-state index is 11.7. The molecule has 0 atom stereocenters. The number of fused-ring (bicyclic) bond motifs is 2. The van der Waals surface area contributed by atoms with Crippen molar-refractivity contribution in [3.05, 3.63) is 35.5 Å². The van der Waals surface area contributed by atoms with Crippen molar-refractivity contribution in [2.24, 2.45) is 0 Å². The summed E-state index contributed by atoms with van der Waals surface area (Å²) in [5, 5.41) is 3.63.